The van der Waals surface area contributed by atoms with Gasteiger partial charge in [-0.3, -0.25) is 4.79 Å². The maximum atomic E-state index is 11.9. The average molecular weight is 278 g/mol. The van der Waals surface area contributed by atoms with Crippen LogP contribution in [0.25, 0.3) is 0 Å². The van der Waals surface area contributed by atoms with Crippen molar-refractivity contribution in [2.24, 2.45) is 0 Å². The van der Waals surface area contributed by atoms with Crippen molar-refractivity contribution in [2.75, 3.05) is 36.8 Å². The Labute approximate surface area is 121 Å². The summed E-state index contributed by atoms with van der Waals surface area (Å²) in [7, 11) is 0. The van der Waals surface area contributed by atoms with E-state index in [9.17, 15) is 4.79 Å². The summed E-state index contributed by atoms with van der Waals surface area (Å²) in [5.74, 6) is 1.06. The fourth-order valence-corrected chi connectivity index (χ4v) is 1.94. The van der Waals surface area contributed by atoms with Gasteiger partial charge in [0.25, 0.3) is 0 Å². The molecule has 1 heterocycles. The molecule has 5 heteroatoms. The summed E-state index contributed by atoms with van der Waals surface area (Å²) in [6.45, 7) is 9.23. The molecule has 0 atom stereocenters. The van der Waals surface area contributed by atoms with Crippen molar-refractivity contribution < 1.29 is 4.79 Å². The lowest BCUT2D eigenvalue weighted by Crippen LogP contribution is -2.31. The van der Waals surface area contributed by atoms with Gasteiger partial charge in [-0.15, -0.1) is 0 Å². The Hall–Kier alpha value is -1.78. The highest BCUT2D eigenvalue weighted by atomic mass is 16.2. The van der Waals surface area contributed by atoms with E-state index in [2.05, 4.69) is 22.5 Å². The van der Waals surface area contributed by atoms with Gasteiger partial charge in [-0.25, -0.2) is 4.98 Å². The predicted octanol–water partition coefficient (Wildman–Crippen LogP) is 2.57. The molecule has 0 aliphatic rings. The standard InChI is InChI=1S/C15H26N4O/c1-4-9-17-14-12-13(7-10-18-14)16-11-8-15(20)19(5-2)6-3/h7,10,12H,4-6,8-9,11H2,1-3H3,(H2,16,17,18). The summed E-state index contributed by atoms with van der Waals surface area (Å²) in [4.78, 5) is 18.0. The average Bonchev–Trinajstić information content (AvgIpc) is 2.47. The van der Waals surface area contributed by atoms with Crippen LogP contribution in [0, 0.1) is 0 Å². The van der Waals surface area contributed by atoms with Gasteiger partial charge in [0.2, 0.25) is 5.91 Å². The van der Waals surface area contributed by atoms with E-state index in [1.807, 2.05) is 30.9 Å². The Morgan fingerprint density at radius 3 is 2.60 bits per heavy atom. The van der Waals surface area contributed by atoms with Crippen molar-refractivity contribution in [3.63, 3.8) is 0 Å². The summed E-state index contributed by atoms with van der Waals surface area (Å²) in [6.07, 6.45) is 3.35. The normalized spacial score (nSPS) is 10.2. The van der Waals surface area contributed by atoms with E-state index < -0.39 is 0 Å². The van der Waals surface area contributed by atoms with E-state index >= 15 is 0 Å². The number of rotatable bonds is 9. The van der Waals surface area contributed by atoms with Gasteiger partial charge in [-0.05, 0) is 26.3 Å². The Morgan fingerprint density at radius 1 is 1.20 bits per heavy atom. The number of carbonyl (C=O) groups is 1. The molecule has 0 saturated heterocycles. The van der Waals surface area contributed by atoms with Crippen LogP contribution in [-0.4, -0.2) is 42.0 Å². The number of hydrogen-bond acceptors (Lipinski definition) is 4. The van der Waals surface area contributed by atoms with Crippen LogP contribution in [0.3, 0.4) is 0 Å². The Kier molecular flexibility index (Phi) is 7.47. The van der Waals surface area contributed by atoms with Crippen LogP contribution in [0.1, 0.15) is 33.6 Å². The fraction of sp³-hybridized carbons (Fsp3) is 0.600. The van der Waals surface area contributed by atoms with Gasteiger partial charge in [0.15, 0.2) is 0 Å². The van der Waals surface area contributed by atoms with Gasteiger partial charge in [0.05, 0.1) is 0 Å². The molecule has 20 heavy (non-hydrogen) atoms. The second-order valence-electron chi connectivity index (χ2n) is 4.60. The van der Waals surface area contributed by atoms with E-state index in [1.54, 1.807) is 6.20 Å². The van der Waals surface area contributed by atoms with Crippen molar-refractivity contribution >= 4 is 17.4 Å². The van der Waals surface area contributed by atoms with Crippen LogP contribution in [0.5, 0.6) is 0 Å². The first-order valence-electron chi connectivity index (χ1n) is 7.42. The number of hydrogen-bond donors (Lipinski definition) is 2. The minimum Gasteiger partial charge on any atom is -0.384 e. The zero-order chi connectivity index (χ0) is 14.8. The molecule has 0 saturated carbocycles. The van der Waals surface area contributed by atoms with Gasteiger partial charge >= 0.3 is 0 Å². The first kappa shape index (κ1) is 16.3. The van der Waals surface area contributed by atoms with Gasteiger partial charge < -0.3 is 15.5 Å². The molecule has 0 unspecified atom stereocenters. The lowest BCUT2D eigenvalue weighted by molar-refractivity contribution is -0.130. The number of amides is 1. The quantitative estimate of drug-likeness (QED) is 0.729. The lowest BCUT2D eigenvalue weighted by Gasteiger charge is -2.18. The monoisotopic (exact) mass is 278 g/mol. The maximum Gasteiger partial charge on any atom is 0.224 e. The van der Waals surface area contributed by atoms with E-state index in [1.165, 1.54) is 0 Å². The molecule has 1 aromatic rings. The van der Waals surface area contributed by atoms with Gasteiger partial charge in [-0.2, -0.15) is 0 Å². The van der Waals surface area contributed by atoms with Crippen LogP contribution in [0.15, 0.2) is 18.3 Å². The first-order chi connectivity index (χ1) is 9.71. The highest BCUT2D eigenvalue weighted by Gasteiger charge is 2.08. The second kappa shape index (κ2) is 9.18. The Morgan fingerprint density at radius 2 is 1.95 bits per heavy atom. The minimum atomic E-state index is 0.195. The van der Waals surface area contributed by atoms with Crippen LogP contribution in [0.2, 0.25) is 0 Å². The molecule has 2 N–H and O–H groups in total. The predicted molar refractivity (Wildman–Crippen MR) is 84.1 cm³/mol. The van der Waals surface area contributed by atoms with Gasteiger partial charge in [0.1, 0.15) is 5.82 Å². The number of carbonyl (C=O) groups excluding carboxylic acids is 1. The lowest BCUT2D eigenvalue weighted by atomic mass is 10.3. The zero-order valence-electron chi connectivity index (χ0n) is 12.8. The molecule has 0 aromatic carbocycles. The van der Waals surface area contributed by atoms with Crippen LogP contribution < -0.4 is 10.6 Å². The molecular formula is C15H26N4O. The number of nitrogens with zero attached hydrogens (tertiary/aromatic N) is 2. The molecule has 0 radical (unpaired) electrons. The maximum absolute atomic E-state index is 11.9. The molecule has 5 nitrogen and oxygen atoms in total. The topological polar surface area (TPSA) is 57.3 Å². The van der Waals surface area contributed by atoms with Crippen molar-refractivity contribution in [1.82, 2.24) is 9.88 Å². The molecule has 0 aliphatic carbocycles. The molecule has 0 spiro atoms. The Balaban J connectivity index is 2.39. The summed E-state index contributed by atoms with van der Waals surface area (Å²) in [5.41, 5.74) is 0.992. The molecule has 0 fully saturated rings. The third-order valence-corrected chi connectivity index (χ3v) is 3.10. The van der Waals surface area contributed by atoms with Crippen LogP contribution in [0.4, 0.5) is 11.5 Å². The first-order valence-corrected chi connectivity index (χ1v) is 7.42. The molecule has 0 aliphatic heterocycles. The number of aromatic nitrogens is 1. The third-order valence-electron chi connectivity index (χ3n) is 3.10. The summed E-state index contributed by atoms with van der Waals surface area (Å²) >= 11 is 0. The third kappa shape index (κ3) is 5.47. The molecule has 1 aromatic heterocycles. The largest absolute Gasteiger partial charge is 0.384 e. The highest BCUT2D eigenvalue weighted by molar-refractivity contribution is 5.76. The summed E-state index contributed by atoms with van der Waals surface area (Å²) in [5, 5.41) is 6.51. The molecule has 0 bridgehead atoms. The van der Waals surface area contributed by atoms with Crippen molar-refractivity contribution in [1.29, 1.82) is 0 Å². The molecule has 1 rings (SSSR count). The van der Waals surface area contributed by atoms with Crippen LogP contribution >= 0.6 is 0 Å². The van der Waals surface area contributed by atoms with Gasteiger partial charge in [0, 0.05) is 50.6 Å². The number of anilines is 2. The van der Waals surface area contributed by atoms with E-state index in [0.29, 0.717) is 13.0 Å². The summed E-state index contributed by atoms with van der Waals surface area (Å²) < 4.78 is 0. The zero-order valence-corrected chi connectivity index (χ0v) is 12.8. The van der Waals surface area contributed by atoms with Crippen molar-refractivity contribution in [3.05, 3.63) is 18.3 Å². The van der Waals surface area contributed by atoms with E-state index in [4.69, 9.17) is 0 Å². The fourth-order valence-electron chi connectivity index (χ4n) is 1.94. The van der Waals surface area contributed by atoms with Crippen molar-refractivity contribution in [2.45, 2.75) is 33.6 Å². The smallest absolute Gasteiger partial charge is 0.224 e. The number of pyridine rings is 1. The SMILES string of the molecule is CCCNc1cc(NCCC(=O)N(CC)CC)ccn1. The van der Waals surface area contributed by atoms with E-state index in [0.717, 1.165) is 37.6 Å². The summed E-state index contributed by atoms with van der Waals surface area (Å²) in [6, 6.07) is 3.89. The minimum absolute atomic E-state index is 0.195. The van der Waals surface area contributed by atoms with E-state index in [-0.39, 0.29) is 5.91 Å². The second-order valence-corrected chi connectivity index (χ2v) is 4.60. The van der Waals surface area contributed by atoms with Crippen molar-refractivity contribution in [3.8, 4) is 0 Å². The van der Waals surface area contributed by atoms with Crippen LogP contribution in [-0.2, 0) is 4.79 Å². The molecule has 1 amide bonds. The number of nitrogens with one attached hydrogen (secondary N) is 2. The Bertz CT molecular complexity index is 405. The van der Waals surface area contributed by atoms with Gasteiger partial charge in [-0.1, -0.05) is 6.92 Å². The highest BCUT2D eigenvalue weighted by Crippen LogP contribution is 2.11. The molecule has 112 valence electrons. The molecular weight excluding hydrogens is 252 g/mol.